The zero-order valence-corrected chi connectivity index (χ0v) is 8.20. The lowest BCUT2D eigenvalue weighted by atomic mass is 10.1. The van der Waals surface area contributed by atoms with Crippen LogP contribution in [0.5, 0.6) is 0 Å². The van der Waals surface area contributed by atoms with E-state index in [0.717, 1.165) is 12.5 Å². The Balaban J connectivity index is 0. The van der Waals surface area contributed by atoms with Crippen LogP contribution < -0.4 is 5.32 Å². The van der Waals surface area contributed by atoms with Gasteiger partial charge in [-0.15, -0.1) is 0 Å². The second-order valence-corrected chi connectivity index (χ2v) is 2.54. The van der Waals surface area contributed by atoms with E-state index in [2.05, 4.69) is 26.1 Å². The summed E-state index contributed by atoms with van der Waals surface area (Å²) in [5.74, 6) is 0.842. The van der Waals surface area contributed by atoms with E-state index in [9.17, 15) is 0 Å². The van der Waals surface area contributed by atoms with Crippen LogP contribution in [0.1, 0.15) is 41.0 Å². The zero-order chi connectivity index (χ0) is 8.41. The summed E-state index contributed by atoms with van der Waals surface area (Å²) in [5.41, 5.74) is 0. The molecule has 0 unspecified atom stereocenters. The van der Waals surface area contributed by atoms with Gasteiger partial charge in [0, 0.05) is 0 Å². The third kappa shape index (κ3) is 15.7. The van der Waals surface area contributed by atoms with Crippen molar-refractivity contribution in [2.75, 3.05) is 13.1 Å². The highest BCUT2D eigenvalue weighted by Gasteiger charge is 1.89. The Hall–Kier alpha value is -0.0400. The molecule has 10 heavy (non-hydrogen) atoms. The number of rotatable bonds is 4. The molecule has 0 heterocycles. The molecule has 0 fully saturated rings. The van der Waals surface area contributed by atoms with E-state index < -0.39 is 0 Å². The molecule has 1 heteroatoms. The molecule has 0 bridgehead atoms. The molecule has 1 nitrogen and oxygen atoms in total. The SMILES string of the molecule is CC.CCNCCC(C)C. The molecule has 0 aliphatic heterocycles. The van der Waals surface area contributed by atoms with Crippen LogP contribution in [0.25, 0.3) is 0 Å². The summed E-state index contributed by atoms with van der Waals surface area (Å²) in [4.78, 5) is 0. The first-order valence-corrected chi connectivity index (χ1v) is 4.48. The molecule has 0 saturated carbocycles. The van der Waals surface area contributed by atoms with E-state index in [1.807, 2.05) is 13.8 Å². The number of nitrogens with one attached hydrogen (secondary N) is 1. The second kappa shape index (κ2) is 11.7. The Labute approximate surface area is 66.2 Å². The van der Waals surface area contributed by atoms with Crippen LogP contribution in [0.15, 0.2) is 0 Å². The third-order valence-electron chi connectivity index (χ3n) is 1.15. The van der Waals surface area contributed by atoms with Crippen LogP contribution in [-0.2, 0) is 0 Å². The van der Waals surface area contributed by atoms with Crippen molar-refractivity contribution in [3.8, 4) is 0 Å². The first-order valence-electron chi connectivity index (χ1n) is 4.48. The van der Waals surface area contributed by atoms with Crippen LogP contribution in [-0.4, -0.2) is 13.1 Å². The molecule has 0 aliphatic carbocycles. The summed E-state index contributed by atoms with van der Waals surface area (Å²) in [6, 6.07) is 0. The van der Waals surface area contributed by atoms with Crippen LogP contribution >= 0.6 is 0 Å². The maximum Gasteiger partial charge on any atom is -0.00466 e. The molecular formula is C9H23N. The van der Waals surface area contributed by atoms with E-state index in [1.165, 1.54) is 13.0 Å². The van der Waals surface area contributed by atoms with Crippen LogP contribution in [0.2, 0.25) is 0 Å². The molecular weight excluding hydrogens is 122 g/mol. The van der Waals surface area contributed by atoms with Crippen molar-refractivity contribution in [1.29, 1.82) is 0 Å². The van der Waals surface area contributed by atoms with Crippen LogP contribution in [0.4, 0.5) is 0 Å². The van der Waals surface area contributed by atoms with Gasteiger partial charge in [-0.3, -0.25) is 0 Å². The molecule has 64 valence electrons. The lowest BCUT2D eigenvalue weighted by Gasteiger charge is -2.02. The molecule has 0 aromatic rings. The quantitative estimate of drug-likeness (QED) is 0.600. The topological polar surface area (TPSA) is 12.0 Å². The van der Waals surface area contributed by atoms with Gasteiger partial charge in [-0.1, -0.05) is 34.6 Å². The smallest absolute Gasteiger partial charge is 0.00466 e. The van der Waals surface area contributed by atoms with Gasteiger partial charge >= 0.3 is 0 Å². The minimum absolute atomic E-state index is 0.842. The van der Waals surface area contributed by atoms with Gasteiger partial charge in [-0.2, -0.15) is 0 Å². The standard InChI is InChI=1S/C7H17N.C2H6/c1-4-8-6-5-7(2)3;1-2/h7-8H,4-6H2,1-3H3;1-2H3. The lowest BCUT2D eigenvalue weighted by Crippen LogP contribution is -2.15. The van der Waals surface area contributed by atoms with E-state index in [4.69, 9.17) is 0 Å². The Bertz CT molecular complexity index is 42.0. The van der Waals surface area contributed by atoms with E-state index in [0.29, 0.717) is 0 Å². The molecule has 0 amide bonds. The van der Waals surface area contributed by atoms with Crippen molar-refractivity contribution in [2.24, 2.45) is 5.92 Å². The predicted octanol–water partition coefficient (Wildman–Crippen LogP) is 2.67. The average molecular weight is 145 g/mol. The molecule has 0 aromatic heterocycles. The lowest BCUT2D eigenvalue weighted by molar-refractivity contribution is 0.546. The Morgan fingerprint density at radius 1 is 1.20 bits per heavy atom. The van der Waals surface area contributed by atoms with Gasteiger partial charge in [0.2, 0.25) is 0 Å². The summed E-state index contributed by atoms with van der Waals surface area (Å²) < 4.78 is 0. The van der Waals surface area contributed by atoms with E-state index >= 15 is 0 Å². The Morgan fingerprint density at radius 2 is 1.70 bits per heavy atom. The predicted molar refractivity (Wildman–Crippen MR) is 49.3 cm³/mol. The molecule has 0 rings (SSSR count). The summed E-state index contributed by atoms with van der Waals surface area (Å²) >= 11 is 0. The summed E-state index contributed by atoms with van der Waals surface area (Å²) in [6.07, 6.45) is 1.30. The fourth-order valence-electron chi connectivity index (χ4n) is 0.568. The number of hydrogen-bond acceptors (Lipinski definition) is 1. The zero-order valence-electron chi connectivity index (χ0n) is 8.20. The van der Waals surface area contributed by atoms with Crippen LogP contribution in [0.3, 0.4) is 0 Å². The highest BCUT2D eigenvalue weighted by atomic mass is 14.8. The summed E-state index contributed by atoms with van der Waals surface area (Å²) in [6.45, 7) is 12.9. The third-order valence-corrected chi connectivity index (χ3v) is 1.15. The minimum Gasteiger partial charge on any atom is -0.317 e. The van der Waals surface area contributed by atoms with Crippen LogP contribution in [0, 0.1) is 5.92 Å². The summed E-state index contributed by atoms with van der Waals surface area (Å²) in [7, 11) is 0. The maximum absolute atomic E-state index is 3.28. The highest BCUT2D eigenvalue weighted by molar-refractivity contribution is 4.47. The fraction of sp³-hybridized carbons (Fsp3) is 1.00. The fourth-order valence-corrected chi connectivity index (χ4v) is 0.568. The van der Waals surface area contributed by atoms with Gasteiger partial charge in [-0.05, 0) is 25.4 Å². The molecule has 0 radical (unpaired) electrons. The summed E-state index contributed by atoms with van der Waals surface area (Å²) in [5, 5.41) is 3.28. The van der Waals surface area contributed by atoms with Gasteiger partial charge in [0.05, 0.1) is 0 Å². The Morgan fingerprint density at radius 3 is 2.00 bits per heavy atom. The first-order chi connectivity index (χ1) is 4.77. The second-order valence-electron chi connectivity index (χ2n) is 2.54. The van der Waals surface area contributed by atoms with Gasteiger partial charge in [0.15, 0.2) is 0 Å². The van der Waals surface area contributed by atoms with Crippen molar-refractivity contribution in [1.82, 2.24) is 5.32 Å². The normalized spacial score (nSPS) is 9.00. The van der Waals surface area contributed by atoms with Crippen molar-refractivity contribution >= 4 is 0 Å². The van der Waals surface area contributed by atoms with E-state index in [-0.39, 0.29) is 0 Å². The molecule has 0 spiro atoms. The van der Waals surface area contributed by atoms with Gasteiger partial charge in [0.1, 0.15) is 0 Å². The maximum atomic E-state index is 3.28. The van der Waals surface area contributed by atoms with E-state index in [1.54, 1.807) is 0 Å². The monoisotopic (exact) mass is 145 g/mol. The van der Waals surface area contributed by atoms with Gasteiger partial charge in [-0.25, -0.2) is 0 Å². The highest BCUT2D eigenvalue weighted by Crippen LogP contribution is 1.95. The molecule has 0 aliphatic rings. The van der Waals surface area contributed by atoms with Gasteiger partial charge in [0.25, 0.3) is 0 Å². The van der Waals surface area contributed by atoms with Crippen molar-refractivity contribution in [3.63, 3.8) is 0 Å². The Kier molecular flexibility index (Phi) is 14.8. The first kappa shape index (κ1) is 12.6. The largest absolute Gasteiger partial charge is 0.317 e. The average Bonchev–Trinajstić information content (AvgIpc) is 1.92. The molecule has 0 aromatic carbocycles. The number of hydrogen-bond donors (Lipinski definition) is 1. The molecule has 0 atom stereocenters. The van der Waals surface area contributed by atoms with Crippen molar-refractivity contribution in [2.45, 2.75) is 41.0 Å². The molecule has 0 saturated heterocycles. The van der Waals surface area contributed by atoms with Crippen molar-refractivity contribution in [3.05, 3.63) is 0 Å². The molecule has 1 N–H and O–H groups in total. The van der Waals surface area contributed by atoms with Crippen molar-refractivity contribution < 1.29 is 0 Å². The van der Waals surface area contributed by atoms with Gasteiger partial charge < -0.3 is 5.32 Å². The minimum atomic E-state index is 0.842.